The lowest BCUT2D eigenvalue weighted by Gasteiger charge is -2.23. The average molecular weight is 329 g/mol. The monoisotopic (exact) mass is 329 g/mol. The van der Waals surface area contributed by atoms with Gasteiger partial charge in [-0.15, -0.1) is 11.3 Å². The molecule has 7 heteroatoms. The van der Waals surface area contributed by atoms with Crippen LogP contribution in [-0.2, 0) is 25.7 Å². The van der Waals surface area contributed by atoms with Gasteiger partial charge in [0.25, 0.3) is 0 Å². The molecular weight excluding hydrogens is 311 g/mol. The molecule has 2 aromatic rings. The molecule has 3 heterocycles. The zero-order valence-corrected chi connectivity index (χ0v) is 13.1. The summed E-state index contributed by atoms with van der Waals surface area (Å²) in [4.78, 5) is 6.28. The van der Waals surface area contributed by atoms with E-state index >= 15 is 0 Å². The number of rotatable bonds is 4. The first-order valence-corrected chi connectivity index (χ1v) is 8.13. The number of nitrogens with one attached hydrogen (secondary N) is 1. The number of hydrogen-bond donors (Lipinski definition) is 1. The Morgan fingerprint density at radius 3 is 2.91 bits per heavy atom. The fourth-order valence-electron chi connectivity index (χ4n) is 2.80. The Morgan fingerprint density at radius 1 is 1.41 bits per heavy atom. The molecule has 0 aliphatic carbocycles. The van der Waals surface area contributed by atoms with Crippen molar-refractivity contribution >= 4 is 11.3 Å². The van der Waals surface area contributed by atoms with Gasteiger partial charge in [-0.2, -0.15) is 13.2 Å². The lowest BCUT2D eigenvalue weighted by Crippen LogP contribution is -2.29. The third kappa shape index (κ3) is 3.52. The van der Waals surface area contributed by atoms with E-state index in [2.05, 4.69) is 29.4 Å². The summed E-state index contributed by atoms with van der Waals surface area (Å²) in [6, 6.07) is 4.20. The van der Waals surface area contributed by atoms with Gasteiger partial charge in [-0.05, 0) is 31.4 Å². The third-order valence-corrected chi connectivity index (χ3v) is 4.91. The van der Waals surface area contributed by atoms with Gasteiger partial charge in [0.15, 0.2) is 5.69 Å². The molecule has 1 aliphatic heterocycles. The summed E-state index contributed by atoms with van der Waals surface area (Å²) in [5.74, 6) is 0.904. The van der Waals surface area contributed by atoms with E-state index in [0.29, 0.717) is 24.7 Å². The predicted octanol–water partition coefficient (Wildman–Crippen LogP) is 3.62. The van der Waals surface area contributed by atoms with Crippen LogP contribution in [0.2, 0.25) is 0 Å². The predicted molar refractivity (Wildman–Crippen MR) is 79.8 cm³/mol. The van der Waals surface area contributed by atoms with Gasteiger partial charge in [0.05, 0.1) is 0 Å². The first-order valence-electron chi connectivity index (χ1n) is 7.31. The van der Waals surface area contributed by atoms with Gasteiger partial charge in [0.2, 0.25) is 0 Å². The van der Waals surface area contributed by atoms with E-state index < -0.39 is 11.9 Å². The quantitative estimate of drug-likeness (QED) is 0.928. The summed E-state index contributed by atoms with van der Waals surface area (Å²) in [5.41, 5.74) is -0.773. The Hall–Kier alpha value is -1.34. The number of fused-ring (bicyclic) bond motifs is 1. The molecule has 2 aromatic heterocycles. The number of thiophene rings is 1. The van der Waals surface area contributed by atoms with Crippen molar-refractivity contribution in [2.24, 2.45) is 5.92 Å². The highest BCUT2D eigenvalue weighted by Gasteiger charge is 2.35. The molecule has 0 saturated heterocycles. The number of aromatic nitrogens is 2. The summed E-state index contributed by atoms with van der Waals surface area (Å²) in [6.07, 6.45) is -1.72. The number of imidazole rings is 1. The van der Waals surface area contributed by atoms with E-state index in [-0.39, 0.29) is 0 Å². The summed E-state index contributed by atoms with van der Waals surface area (Å²) >= 11 is 1.77. The smallest absolute Gasteiger partial charge is 0.334 e. The maximum Gasteiger partial charge on any atom is 0.434 e. The normalized spacial score (nSPS) is 18.5. The molecule has 1 aliphatic rings. The zero-order chi connectivity index (χ0) is 15.7. The number of halogens is 3. The molecule has 3 nitrogen and oxygen atoms in total. The summed E-state index contributed by atoms with van der Waals surface area (Å²) in [7, 11) is 0. The summed E-state index contributed by atoms with van der Waals surface area (Å²) < 4.78 is 39.7. The van der Waals surface area contributed by atoms with Gasteiger partial charge in [0.1, 0.15) is 5.82 Å². The van der Waals surface area contributed by atoms with Gasteiger partial charge in [-0.1, -0.05) is 0 Å². The van der Waals surface area contributed by atoms with Crippen LogP contribution in [0.3, 0.4) is 0 Å². The molecule has 0 bridgehead atoms. The van der Waals surface area contributed by atoms with Crippen molar-refractivity contribution in [3.63, 3.8) is 0 Å². The van der Waals surface area contributed by atoms with Crippen LogP contribution >= 0.6 is 11.3 Å². The fourth-order valence-corrected chi connectivity index (χ4v) is 3.66. The highest BCUT2D eigenvalue weighted by Crippen LogP contribution is 2.30. The minimum absolute atomic E-state index is 0.351. The van der Waals surface area contributed by atoms with E-state index in [4.69, 9.17) is 0 Å². The maximum absolute atomic E-state index is 12.7. The zero-order valence-electron chi connectivity index (χ0n) is 12.3. The van der Waals surface area contributed by atoms with Gasteiger partial charge in [0, 0.05) is 42.0 Å². The van der Waals surface area contributed by atoms with Gasteiger partial charge < -0.3 is 9.88 Å². The van der Waals surface area contributed by atoms with Crippen molar-refractivity contribution in [3.8, 4) is 0 Å². The van der Waals surface area contributed by atoms with Crippen LogP contribution in [0, 0.1) is 12.8 Å². The van der Waals surface area contributed by atoms with Crippen LogP contribution in [0.15, 0.2) is 18.3 Å². The highest BCUT2D eigenvalue weighted by molar-refractivity contribution is 7.11. The van der Waals surface area contributed by atoms with E-state index in [0.717, 1.165) is 25.7 Å². The standard InChI is InChI=1S/C15H18F3N3S/c1-10-2-4-12(22-10)7-19-6-11-3-5-14-20-13(15(16,17)18)9-21(14)8-11/h2,4,9,11,19H,3,5-8H2,1H3/t11-/m1/s1. The molecule has 120 valence electrons. The Morgan fingerprint density at radius 2 is 2.23 bits per heavy atom. The highest BCUT2D eigenvalue weighted by atomic mass is 32.1. The summed E-state index contributed by atoms with van der Waals surface area (Å²) in [6.45, 7) is 4.32. The Bertz CT molecular complexity index is 645. The average Bonchev–Trinajstić information content (AvgIpc) is 3.04. The molecule has 0 fully saturated rings. The largest absolute Gasteiger partial charge is 0.434 e. The molecule has 1 N–H and O–H groups in total. The van der Waals surface area contributed by atoms with Crippen molar-refractivity contribution in [3.05, 3.63) is 39.6 Å². The lowest BCUT2D eigenvalue weighted by molar-refractivity contribution is -0.141. The number of alkyl halides is 3. The first-order chi connectivity index (χ1) is 10.4. The molecule has 3 rings (SSSR count). The fraction of sp³-hybridized carbons (Fsp3) is 0.533. The van der Waals surface area contributed by atoms with Crippen molar-refractivity contribution in [2.45, 2.75) is 39.0 Å². The topological polar surface area (TPSA) is 29.9 Å². The second-order valence-electron chi connectivity index (χ2n) is 5.74. The Balaban J connectivity index is 1.54. The van der Waals surface area contributed by atoms with Gasteiger partial charge in [-0.3, -0.25) is 0 Å². The van der Waals surface area contributed by atoms with Crippen LogP contribution in [0.4, 0.5) is 13.2 Å². The van der Waals surface area contributed by atoms with E-state index in [9.17, 15) is 13.2 Å². The molecule has 0 aromatic carbocycles. The van der Waals surface area contributed by atoms with Crippen LogP contribution in [-0.4, -0.2) is 16.1 Å². The van der Waals surface area contributed by atoms with Crippen molar-refractivity contribution < 1.29 is 13.2 Å². The molecule has 0 saturated carbocycles. The van der Waals surface area contributed by atoms with Gasteiger partial charge >= 0.3 is 6.18 Å². The number of aryl methyl sites for hydroxylation is 2. The number of nitrogens with zero attached hydrogens (tertiary/aromatic N) is 2. The molecule has 0 unspecified atom stereocenters. The molecular formula is C15H18F3N3S. The van der Waals surface area contributed by atoms with E-state index in [1.54, 1.807) is 15.9 Å². The Labute approximate surface area is 131 Å². The third-order valence-electron chi connectivity index (χ3n) is 3.91. The summed E-state index contributed by atoms with van der Waals surface area (Å²) in [5, 5.41) is 3.41. The number of hydrogen-bond acceptors (Lipinski definition) is 3. The van der Waals surface area contributed by atoms with Crippen LogP contribution in [0.5, 0.6) is 0 Å². The van der Waals surface area contributed by atoms with Crippen LogP contribution in [0.25, 0.3) is 0 Å². The minimum atomic E-state index is -4.35. The van der Waals surface area contributed by atoms with E-state index in [1.807, 2.05) is 0 Å². The molecule has 22 heavy (non-hydrogen) atoms. The molecule has 1 atom stereocenters. The minimum Gasteiger partial charge on any atom is -0.334 e. The molecule has 0 spiro atoms. The molecule has 0 radical (unpaired) electrons. The lowest BCUT2D eigenvalue weighted by atomic mass is 9.99. The van der Waals surface area contributed by atoms with E-state index in [1.165, 1.54) is 9.75 Å². The molecule has 0 amide bonds. The Kier molecular flexibility index (Phi) is 4.27. The van der Waals surface area contributed by atoms with Crippen LogP contribution < -0.4 is 5.32 Å². The van der Waals surface area contributed by atoms with Crippen molar-refractivity contribution in [2.75, 3.05) is 6.54 Å². The van der Waals surface area contributed by atoms with Gasteiger partial charge in [-0.25, -0.2) is 4.98 Å². The second kappa shape index (κ2) is 6.04. The van der Waals surface area contributed by atoms with Crippen LogP contribution in [0.1, 0.15) is 27.7 Å². The second-order valence-corrected chi connectivity index (χ2v) is 7.11. The SMILES string of the molecule is Cc1ccc(CNC[C@H]2CCc3nc(C(F)(F)F)cn3C2)s1. The van der Waals surface area contributed by atoms with Crippen molar-refractivity contribution in [1.29, 1.82) is 0 Å². The maximum atomic E-state index is 12.7. The first kappa shape index (κ1) is 15.6. The van der Waals surface area contributed by atoms with Crippen molar-refractivity contribution in [1.82, 2.24) is 14.9 Å².